The Morgan fingerprint density at radius 3 is 2.22 bits per heavy atom. The van der Waals surface area contributed by atoms with Crippen molar-refractivity contribution in [3.8, 4) is 5.75 Å². The molecule has 172 valence electrons. The zero-order valence-electron chi connectivity index (χ0n) is 18.3. The highest BCUT2D eigenvalue weighted by Gasteiger charge is 2.22. The summed E-state index contributed by atoms with van der Waals surface area (Å²) in [4.78, 5) is 36.9. The Morgan fingerprint density at radius 1 is 0.844 bits per heavy atom. The maximum Gasteiger partial charge on any atom is 0.413 e. The van der Waals surface area contributed by atoms with E-state index >= 15 is 0 Å². The number of para-hydroxylation sites is 1. The van der Waals surface area contributed by atoms with Crippen molar-refractivity contribution in [2.45, 2.75) is 45.3 Å². The molecule has 0 aromatic heterocycles. The smallest absolute Gasteiger partial charge is 0.413 e. The second kappa shape index (κ2) is 14.5. The number of hydrogen-bond acceptors (Lipinski definition) is 5. The standard InChI is InChI=1S/C24H31N3O5/c1-2-3-4-11-16-25-22(28)21(27-24(30)32-20-14-9-6-10-15-20)17-26-23(29)31-18-19-12-7-5-8-13-19/h5-10,12-15,21H,2-4,11,16-18H2,1H3,(H,25,28)(H,26,29)(H,27,30)/t21-/m0/s1. The minimum Gasteiger partial charge on any atom is -0.445 e. The SMILES string of the molecule is CCCCCCNC(=O)[C@H](CNC(=O)OCc1ccccc1)NC(=O)Oc1ccccc1. The lowest BCUT2D eigenvalue weighted by atomic mass is 10.2. The van der Waals surface area contributed by atoms with Crippen molar-refractivity contribution in [3.63, 3.8) is 0 Å². The van der Waals surface area contributed by atoms with Gasteiger partial charge in [-0.2, -0.15) is 0 Å². The molecule has 1 atom stereocenters. The second-order valence-corrected chi connectivity index (χ2v) is 7.19. The fraction of sp³-hybridized carbons (Fsp3) is 0.375. The summed E-state index contributed by atoms with van der Waals surface area (Å²) < 4.78 is 10.3. The van der Waals surface area contributed by atoms with E-state index in [9.17, 15) is 14.4 Å². The van der Waals surface area contributed by atoms with Crippen LogP contribution < -0.4 is 20.7 Å². The Bertz CT molecular complexity index is 830. The third kappa shape index (κ3) is 9.97. The molecule has 0 radical (unpaired) electrons. The number of hydrogen-bond donors (Lipinski definition) is 3. The third-order valence-corrected chi connectivity index (χ3v) is 4.56. The van der Waals surface area contributed by atoms with Crippen LogP contribution in [0.1, 0.15) is 38.2 Å². The monoisotopic (exact) mass is 441 g/mol. The van der Waals surface area contributed by atoms with E-state index < -0.39 is 24.1 Å². The molecule has 2 aromatic carbocycles. The number of unbranched alkanes of at least 4 members (excludes halogenated alkanes) is 3. The van der Waals surface area contributed by atoms with Gasteiger partial charge in [0.2, 0.25) is 5.91 Å². The Labute approximate surface area is 188 Å². The van der Waals surface area contributed by atoms with E-state index in [-0.39, 0.29) is 13.2 Å². The summed E-state index contributed by atoms with van der Waals surface area (Å²) in [5, 5.41) is 7.82. The maximum atomic E-state index is 12.6. The molecule has 0 aliphatic carbocycles. The zero-order valence-corrected chi connectivity index (χ0v) is 18.3. The van der Waals surface area contributed by atoms with Gasteiger partial charge in [-0.25, -0.2) is 9.59 Å². The highest BCUT2D eigenvalue weighted by atomic mass is 16.6. The average Bonchev–Trinajstić information content (AvgIpc) is 2.81. The van der Waals surface area contributed by atoms with Gasteiger partial charge in [-0.15, -0.1) is 0 Å². The molecular formula is C24H31N3O5. The van der Waals surface area contributed by atoms with Crippen LogP contribution in [0.25, 0.3) is 0 Å². The number of carbonyl (C=O) groups excluding carboxylic acids is 3. The number of carbonyl (C=O) groups is 3. The van der Waals surface area contributed by atoms with Gasteiger partial charge in [0.25, 0.3) is 0 Å². The first-order valence-electron chi connectivity index (χ1n) is 10.8. The fourth-order valence-electron chi connectivity index (χ4n) is 2.82. The van der Waals surface area contributed by atoms with Crippen molar-refractivity contribution >= 4 is 18.1 Å². The maximum absolute atomic E-state index is 12.6. The van der Waals surface area contributed by atoms with Crippen LogP contribution in [0.15, 0.2) is 60.7 Å². The normalized spacial score (nSPS) is 11.2. The molecule has 0 spiro atoms. The zero-order chi connectivity index (χ0) is 23.0. The van der Waals surface area contributed by atoms with Crippen LogP contribution in [-0.4, -0.2) is 37.2 Å². The van der Waals surface area contributed by atoms with Crippen molar-refractivity contribution in [2.75, 3.05) is 13.1 Å². The average molecular weight is 442 g/mol. The van der Waals surface area contributed by atoms with Gasteiger partial charge in [-0.1, -0.05) is 74.7 Å². The molecule has 0 saturated carbocycles. The molecular weight excluding hydrogens is 410 g/mol. The first kappa shape index (κ1) is 24.7. The molecule has 3 N–H and O–H groups in total. The number of nitrogens with one attached hydrogen (secondary N) is 3. The summed E-state index contributed by atoms with van der Waals surface area (Å²) in [6, 6.07) is 16.7. The highest BCUT2D eigenvalue weighted by molar-refractivity contribution is 5.86. The summed E-state index contributed by atoms with van der Waals surface area (Å²) in [7, 11) is 0. The second-order valence-electron chi connectivity index (χ2n) is 7.19. The van der Waals surface area contributed by atoms with Crippen molar-refractivity contribution in [3.05, 3.63) is 66.2 Å². The predicted octanol–water partition coefficient (Wildman–Crippen LogP) is 3.77. The summed E-state index contributed by atoms with van der Waals surface area (Å²) >= 11 is 0. The molecule has 0 bridgehead atoms. The number of benzene rings is 2. The topological polar surface area (TPSA) is 106 Å². The Balaban J connectivity index is 1.86. The molecule has 2 aromatic rings. The fourth-order valence-corrected chi connectivity index (χ4v) is 2.82. The van der Waals surface area contributed by atoms with Crippen molar-refractivity contribution in [2.24, 2.45) is 0 Å². The molecule has 0 saturated heterocycles. The molecule has 8 heteroatoms. The van der Waals surface area contributed by atoms with Gasteiger partial charge in [0, 0.05) is 6.54 Å². The molecule has 3 amide bonds. The summed E-state index contributed by atoms with van der Waals surface area (Å²) in [6.45, 7) is 2.56. The number of amides is 3. The van der Waals surface area contributed by atoms with Crippen LogP contribution >= 0.6 is 0 Å². The molecule has 0 unspecified atom stereocenters. The van der Waals surface area contributed by atoms with Gasteiger partial charge in [-0.05, 0) is 24.1 Å². The number of alkyl carbamates (subject to hydrolysis) is 1. The third-order valence-electron chi connectivity index (χ3n) is 4.56. The molecule has 0 aliphatic heterocycles. The van der Waals surface area contributed by atoms with Crippen LogP contribution in [0, 0.1) is 0 Å². The van der Waals surface area contributed by atoms with E-state index in [1.54, 1.807) is 30.3 Å². The largest absolute Gasteiger partial charge is 0.445 e. The van der Waals surface area contributed by atoms with E-state index in [0.717, 1.165) is 31.2 Å². The van der Waals surface area contributed by atoms with Gasteiger partial charge in [0.15, 0.2) is 0 Å². The molecule has 32 heavy (non-hydrogen) atoms. The quantitative estimate of drug-likeness (QED) is 0.435. The van der Waals surface area contributed by atoms with Crippen molar-refractivity contribution in [1.29, 1.82) is 0 Å². The van der Waals surface area contributed by atoms with Gasteiger partial charge in [-0.3, -0.25) is 4.79 Å². The van der Waals surface area contributed by atoms with Crippen LogP contribution in [0.3, 0.4) is 0 Å². The highest BCUT2D eigenvalue weighted by Crippen LogP contribution is 2.08. The Kier molecular flexibility index (Phi) is 11.2. The summed E-state index contributed by atoms with van der Waals surface area (Å²) in [5.41, 5.74) is 0.841. The lowest BCUT2D eigenvalue weighted by Crippen LogP contribution is -2.53. The molecule has 0 aliphatic rings. The van der Waals surface area contributed by atoms with E-state index in [1.165, 1.54) is 0 Å². The molecule has 2 rings (SSSR count). The minimum absolute atomic E-state index is 0.102. The van der Waals surface area contributed by atoms with E-state index in [0.29, 0.717) is 12.3 Å². The van der Waals surface area contributed by atoms with E-state index in [2.05, 4.69) is 22.9 Å². The summed E-state index contributed by atoms with van der Waals surface area (Å²) in [6.07, 6.45) is 2.56. The van der Waals surface area contributed by atoms with Crippen molar-refractivity contribution < 1.29 is 23.9 Å². The lowest BCUT2D eigenvalue weighted by Gasteiger charge is -2.19. The molecule has 8 nitrogen and oxygen atoms in total. The number of rotatable bonds is 12. The lowest BCUT2D eigenvalue weighted by molar-refractivity contribution is -0.122. The van der Waals surface area contributed by atoms with Crippen LogP contribution in [0.2, 0.25) is 0 Å². The summed E-state index contributed by atoms with van der Waals surface area (Å²) in [5.74, 6) is -0.0613. The first-order valence-corrected chi connectivity index (χ1v) is 10.8. The van der Waals surface area contributed by atoms with Gasteiger partial charge < -0.3 is 25.4 Å². The Morgan fingerprint density at radius 2 is 1.53 bits per heavy atom. The van der Waals surface area contributed by atoms with Gasteiger partial charge in [0.1, 0.15) is 18.4 Å². The van der Waals surface area contributed by atoms with Gasteiger partial charge >= 0.3 is 12.2 Å². The van der Waals surface area contributed by atoms with Crippen molar-refractivity contribution in [1.82, 2.24) is 16.0 Å². The van der Waals surface area contributed by atoms with Gasteiger partial charge in [0.05, 0.1) is 6.54 Å². The molecule has 0 fully saturated rings. The number of ether oxygens (including phenoxy) is 2. The van der Waals surface area contributed by atoms with Crippen LogP contribution in [0.5, 0.6) is 5.75 Å². The Hall–Kier alpha value is -3.55. The minimum atomic E-state index is -1.01. The van der Waals surface area contributed by atoms with E-state index in [4.69, 9.17) is 9.47 Å². The first-order chi connectivity index (χ1) is 15.6. The van der Waals surface area contributed by atoms with Crippen LogP contribution in [0.4, 0.5) is 9.59 Å². The van der Waals surface area contributed by atoms with E-state index in [1.807, 2.05) is 30.3 Å². The molecule has 0 heterocycles. The predicted molar refractivity (Wildman–Crippen MR) is 121 cm³/mol. The van der Waals surface area contributed by atoms with Crippen LogP contribution in [-0.2, 0) is 16.1 Å².